The second-order valence-corrected chi connectivity index (χ2v) is 6.90. The predicted octanol–water partition coefficient (Wildman–Crippen LogP) is 4.71. The SMILES string of the molecule is Cc1cc(C)nc(N/N=C\c2cc(C)n(-c3ccc(Br)cc3)c2C)n1. The fourth-order valence-corrected chi connectivity index (χ4v) is 3.11. The Morgan fingerprint density at radius 3 is 2.28 bits per heavy atom. The van der Waals surface area contributed by atoms with Crippen LogP contribution in [0.15, 0.2) is 46.0 Å². The Labute approximate surface area is 156 Å². The molecule has 0 radical (unpaired) electrons. The molecular weight excluding hydrogens is 378 g/mol. The van der Waals surface area contributed by atoms with Crippen LogP contribution in [0.5, 0.6) is 0 Å². The lowest BCUT2D eigenvalue weighted by atomic mass is 10.2. The molecule has 0 aliphatic carbocycles. The molecule has 2 heterocycles. The Balaban J connectivity index is 1.84. The van der Waals surface area contributed by atoms with E-state index in [0.717, 1.165) is 38.5 Å². The van der Waals surface area contributed by atoms with Crippen LogP contribution in [0.4, 0.5) is 5.95 Å². The van der Waals surface area contributed by atoms with Crippen LogP contribution < -0.4 is 5.43 Å². The Bertz CT molecular complexity index is 905. The van der Waals surface area contributed by atoms with Crippen molar-refractivity contribution >= 4 is 28.1 Å². The Morgan fingerprint density at radius 2 is 1.64 bits per heavy atom. The molecule has 0 aliphatic heterocycles. The zero-order chi connectivity index (χ0) is 18.0. The monoisotopic (exact) mass is 397 g/mol. The van der Waals surface area contributed by atoms with Crippen LogP contribution in [0.2, 0.25) is 0 Å². The molecule has 0 bridgehead atoms. The van der Waals surface area contributed by atoms with Gasteiger partial charge in [-0.15, -0.1) is 0 Å². The van der Waals surface area contributed by atoms with E-state index in [4.69, 9.17) is 0 Å². The van der Waals surface area contributed by atoms with Gasteiger partial charge in [-0.25, -0.2) is 15.4 Å². The average molecular weight is 398 g/mol. The van der Waals surface area contributed by atoms with Crippen molar-refractivity contribution in [3.63, 3.8) is 0 Å². The number of nitrogens with one attached hydrogen (secondary N) is 1. The van der Waals surface area contributed by atoms with E-state index in [1.54, 1.807) is 6.21 Å². The number of halogens is 1. The highest BCUT2D eigenvalue weighted by Gasteiger charge is 2.09. The van der Waals surface area contributed by atoms with Crippen LogP contribution >= 0.6 is 15.9 Å². The Morgan fingerprint density at radius 1 is 1.00 bits per heavy atom. The van der Waals surface area contributed by atoms with Gasteiger partial charge in [0.2, 0.25) is 5.95 Å². The third kappa shape index (κ3) is 3.96. The van der Waals surface area contributed by atoms with Crippen molar-refractivity contribution in [3.05, 3.63) is 69.2 Å². The fourth-order valence-electron chi connectivity index (χ4n) is 2.84. The maximum Gasteiger partial charge on any atom is 0.243 e. The van der Waals surface area contributed by atoms with E-state index in [-0.39, 0.29) is 0 Å². The maximum atomic E-state index is 4.32. The van der Waals surface area contributed by atoms with Crippen molar-refractivity contribution in [1.29, 1.82) is 0 Å². The third-order valence-corrected chi connectivity index (χ3v) is 4.43. The highest BCUT2D eigenvalue weighted by atomic mass is 79.9. The maximum absolute atomic E-state index is 4.32. The first-order valence-electron chi connectivity index (χ1n) is 8.00. The molecule has 1 N–H and O–H groups in total. The van der Waals surface area contributed by atoms with Crippen LogP contribution in [-0.2, 0) is 0 Å². The van der Waals surface area contributed by atoms with Gasteiger partial charge < -0.3 is 4.57 Å². The van der Waals surface area contributed by atoms with Crippen LogP contribution in [0.1, 0.15) is 28.3 Å². The fraction of sp³-hybridized carbons (Fsp3) is 0.211. The van der Waals surface area contributed by atoms with Crippen LogP contribution in [0.25, 0.3) is 5.69 Å². The van der Waals surface area contributed by atoms with Gasteiger partial charge in [-0.1, -0.05) is 15.9 Å². The normalized spacial score (nSPS) is 11.2. The van der Waals surface area contributed by atoms with Crippen LogP contribution in [0, 0.1) is 27.7 Å². The van der Waals surface area contributed by atoms with Gasteiger partial charge in [-0.05, 0) is 64.1 Å². The lowest BCUT2D eigenvalue weighted by molar-refractivity contribution is 0.964. The van der Waals surface area contributed by atoms with Gasteiger partial charge in [0.05, 0.1) is 6.21 Å². The van der Waals surface area contributed by atoms with Gasteiger partial charge >= 0.3 is 0 Å². The van der Waals surface area contributed by atoms with Crippen molar-refractivity contribution in [3.8, 4) is 5.69 Å². The smallest absolute Gasteiger partial charge is 0.243 e. The molecule has 1 aromatic carbocycles. The van der Waals surface area contributed by atoms with Crippen molar-refractivity contribution in [2.75, 3.05) is 5.43 Å². The first-order valence-corrected chi connectivity index (χ1v) is 8.79. The molecule has 0 atom stereocenters. The molecule has 0 spiro atoms. The lowest BCUT2D eigenvalue weighted by Crippen LogP contribution is -2.01. The molecule has 0 unspecified atom stereocenters. The summed E-state index contributed by atoms with van der Waals surface area (Å²) in [7, 11) is 0. The minimum Gasteiger partial charge on any atom is -0.318 e. The van der Waals surface area contributed by atoms with Gasteiger partial charge in [0.15, 0.2) is 0 Å². The molecule has 128 valence electrons. The van der Waals surface area contributed by atoms with Crippen LogP contribution in [-0.4, -0.2) is 20.7 Å². The molecule has 0 aliphatic rings. The number of hydrogen-bond acceptors (Lipinski definition) is 4. The molecule has 5 nitrogen and oxygen atoms in total. The van der Waals surface area contributed by atoms with Crippen molar-refractivity contribution in [1.82, 2.24) is 14.5 Å². The first kappa shape index (κ1) is 17.4. The number of benzene rings is 1. The summed E-state index contributed by atoms with van der Waals surface area (Å²) in [6.07, 6.45) is 1.80. The second-order valence-electron chi connectivity index (χ2n) is 5.98. The average Bonchev–Trinajstić information content (AvgIpc) is 2.82. The topological polar surface area (TPSA) is 55.1 Å². The third-order valence-electron chi connectivity index (χ3n) is 3.91. The predicted molar refractivity (Wildman–Crippen MR) is 106 cm³/mol. The summed E-state index contributed by atoms with van der Waals surface area (Å²) < 4.78 is 3.28. The largest absolute Gasteiger partial charge is 0.318 e. The molecule has 6 heteroatoms. The van der Waals surface area contributed by atoms with E-state index < -0.39 is 0 Å². The number of anilines is 1. The summed E-state index contributed by atoms with van der Waals surface area (Å²) >= 11 is 3.48. The highest BCUT2D eigenvalue weighted by Crippen LogP contribution is 2.21. The van der Waals surface area contributed by atoms with Crippen molar-refractivity contribution < 1.29 is 0 Å². The Kier molecular flexibility index (Phi) is 4.99. The summed E-state index contributed by atoms with van der Waals surface area (Å²) in [6.45, 7) is 8.06. The summed E-state index contributed by atoms with van der Waals surface area (Å²) in [5.41, 5.74) is 9.21. The van der Waals surface area contributed by atoms with Crippen LogP contribution in [0.3, 0.4) is 0 Å². The first-order chi connectivity index (χ1) is 11.9. The molecule has 0 fully saturated rings. The zero-order valence-electron chi connectivity index (χ0n) is 14.7. The summed E-state index contributed by atoms with van der Waals surface area (Å²) in [5, 5.41) is 4.30. The number of nitrogens with zero attached hydrogens (tertiary/aromatic N) is 4. The van der Waals surface area contributed by atoms with Gasteiger partial charge in [-0.2, -0.15) is 5.10 Å². The number of hydrogen-bond donors (Lipinski definition) is 1. The molecule has 3 aromatic rings. The molecule has 0 saturated carbocycles. The number of hydrazone groups is 1. The second kappa shape index (κ2) is 7.19. The molecule has 3 rings (SSSR count). The Hall–Kier alpha value is -2.47. The minimum atomic E-state index is 0.510. The van der Waals surface area contributed by atoms with Gasteiger partial charge in [0.1, 0.15) is 0 Å². The van der Waals surface area contributed by atoms with Crippen molar-refractivity contribution in [2.24, 2.45) is 5.10 Å². The lowest BCUT2D eigenvalue weighted by Gasteiger charge is -2.09. The van der Waals surface area contributed by atoms with Gasteiger partial charge in [-0.3, -0.25) is 0 Å². The summed E-state index contributed by atoms with van der Waals surface area (Å²) in [5.74, 6) is 0.510. The molecule has 2 aromatic heterocycles. The molecule has 0 amide bonds. The zero-order valence-corrected chi connectivity index (χ0v) is 16.3. The van der Waals surface area contributed by atoms with E-state index in [1.165, 1.54) is 0 Å². The summed E-state index contributed by atoms with van der Waals surface area (Å²) in [6, 6.07) is 12.3. The highest BCUT2D eigenvalue weighted by molar-refractivity contribution is 9.10. The van der Waals surface area contributed by atoms with Crippen molar-refractivity contribution in [2.45, 2.75) is 27.7 Å². The van der Waals surface area contributed by atoms with E-state index in [9.17, 15) is 0 Å². The quantitative estimate of drug-likeness (QED) is 0.512. The molecular formula is C19H20BrN5. The number of aryl methyl sites for hydroxylation is 3. The van der Waals surface area contributed by atoms with E-state index in [0.29, 0.717) is 5.95 Å². The van der Waals surface area contributed by atoms with Gasteiger partial charge in [0, 0.05) is 38.5 Å². The van der Waals surface area contributed by atoms with E-state index in [2.05, 4.69) is 73.0 Å². The van der Waals surface area contributed by atoms with E-state index >= 15 is 0 Å². The standard InChI is InChI=1S/C19H20BrN5/c1-12-9-13(2)23-19(22-12)24-21-11-16-10-14(3)25(15(16)4)18-7-5-17(20)6-8-18/h5-11H,1-4H3,(H,22,23,24)/b21-11-. The number of aromatic nitrogens is 3. The number of rotatable bonds is 4. The molecule has 25 heavy (non-hydrogen) atoms. The summed E-state index contributed by atoms with van der Waals surface area (Å²) in [4.78, 5) is 8.64. The minimum absolute atomic E-state index is 0.510. The van der Waals surface area contributed by atoms with E-state index in [1.807, 2.05) is 32.0 Å². The molecule has 0 saturated heterocycles. The van der Waals surface area contributed by atoms with Gasteiger partial charge in [0.25, 0.3) is 0 Å².